The van der Waals surface area contributed by atoms with Crippen molar-refractivity contribution >= 4 is 28.4 Å². The van der Waals surface area contributed by atoms with Gasteiger partial charge in [0, 0.05) is 30.7 Å². The summed E-state index contributed by atoms with van der Waals surface area (Å²) in [6, 6.07) is 15.3. The zero-order chi connectivity index (χ0) is 18.1. The first-order valence-electron chi connectivity index (χ1n) is 8.85. The SMILES string of the molecule is Cc1c(CN2CCOCC2)c2ccccc2n1C(=O)c1ccccc1Cl. The fraction of sp³-hybridized carbons (Fsp3) is 0.286. The molecular formula is C21H21ClN2O2. The quantitative estimate of drug-likeness (QED) is 0.697. The molecule has 0 radical (unpaired) electrons. The van der Waals surface area contributed by atoms with E-state index in [-0.39, 0.29) is 5.91 Å². The van der Waals surface area contributed by atoms with Crippen molar-refractivity contribution in [1.82, 2.24) is 9.47 Å². The van der Waals surface area contributed by atoms with Gasteiger partial charge in [0.2, 0.25) is 0 Å². The van der Waals surface area contributed by atoms with Crippen molar-refractivity contribution in [2.45, 2.75) is 13.5 Å². The van der Waals surface area contributed by atoms with Crippen LogP contribution in [0.1, 0.15) is 21.6 Å². The molecule has 26 heavy (non-hydrogen) atoms. The van der Waals surface area contributed by atoms with Gasteiger partial charge in [0.25, 0.3) is 5.91 Å². The van der Waals surface area contributed by atoms with Crippen LogP contribution in [0.5, 0.6) is 0 Å². The molecule has 0 aliphatic carbocycles. The van der Waals surface area contributed by atoms with E-state index in [0.29, 0.717) is 10.6 Å². The predicted molar refractivity (Wildman–Crippen MR) is 104 cm³/mol. The van der Waals surface area contributed by atoms with Crippen LogP contribution in [-0.4, -0.2) is 41.7 Å². The molecule has 2 aromatic carbocycles. The predicted octanol–water partition coefficient (Wildman–Crippen LogP) is 4.12. The van der Waals surface area contributed by atoms with Gasteiger partial charge in [0.05, 0.1) is 29.3 Å². The summed E-state index contributed by atoms with van der Waals surface area (Å²) in [5.41, 5.74) is 3.62. The molecule has 0 N–H and O–H groups in total. The maximum Gasteiger partial charge on any atom is 0.264 e. The van der Waals surface area contributed by atoms with E-state index in [9.17, 15) is 4.79 Å². The Bertz CT molecular complexity index is 958. The van der Waals surface area contributed by atoms with Gasteiger partial charge in [-0.05, 0) is 30.7 Å². The molecule has 1 aliphatic heterocycles. The van der Waals surface area contributed by atoms with E-state index in [2.05, 4.69) is 11.0 Å². The van der Waals surface area contributed by atoms with Gasteiger partial charge in [-0.15, -0.1) is 0 Å². The second-order valence-corrected chi connectivity index (χ2v) is 7.00. The van der Waals surface area contributed by atoms with Crippen molar-refractivity contribution < 1.29 is 9.53 Å². The summed E-state index contributed by atoms with van der Waals surface area (Å²) in [6.45, 7) is 6.18. The third-order valence-electron chi connectivity index (χ3n) is 5.03. The molecule has 5 heteroatoms. The Morgan fingerprint density at radius 2 is 1.77 bits per heavy atom. The third kappa shape index (κ3) is 3.05. The lowest BCUT2D eigenvalue weighted by Gasteiger charge is -2.26. The highest BCUT2D eigenvalue weighted by molar-refractivity contribution is 6.34. The molecule has 0 atom stereocenters. The van der Waals surface area contributed by atoms with Crippen LogP contribution >= 0.6 is 11.6 Å². The van der Waals surface area contributed by atoms with Gasteiger partial charge in [0.1, 0.15) is 0 Å². The number of hydrogen-bond donors (Lipinski definition) is 0. The van der Waals surface area contributed by atoms with Crippen molar-refractivity contribution in [2.24, 2.45) is 0 Å². The maximum absolute atomic E-state index is 13.3. The molecule has 0 bridgehead atoms. The Hall–Kier alpha value is -2.14. The summed E-state index contributed by atoms with van der Waals surface area (Å²) in [5.74, 6) is -0.0856. The van der Waals surface area contributed by atoms with Crippen molar-refractivity contribution in [3.63, 3.8) is 0 Å². The van der Waals surface area contributed by atoms with Crippen LogP contribution < -0.4 is 0 Å². The summed E-state index contributed by atoms with van der Waals surface area (Å²) in [5, 5.41) is 1.60. The summed E-state index contributed by atoms with van der Waals surface area (Å²) in [6.07, 6.45) is 0. The van der Waals surface area contributed by atoms with Gasteiger partial charge >= 0.3 is 0 Å². The van der Waals surface area contributed by atoms with E-state index in [1.54, 1.807) is 16.7 Å². The Morgan fingerprint density at radius 1 is 1.08 bits per heavy atom. The van der Waals surface area contributed by atoms with Gasteiger partial charge in [0.15, 0.2) is 0 Å². The maximum atomic E-state index is 13.3. The minimum atomic E-state index is -0.0856. The van der Waals surface area contributed by atoms with Crippen LogP contribution in [0.4, 0.5) is 0 Å². The van der Waals surface area contributed by atoms with Crippen LogP contribution in [0.25, 0.3) is 10.9 Å². The second-order valence-electron chi connectivity index (χ2n) is 6.59. The second kappa shape index (κ2) is 7.23. The average Bonchev–Trinajstić information content (AvgIpc) is 2.94. The highest BCUT2D eigenvalue weighted by Crippen LogP contribution is 2.29. The van der Waals surface area contributed by atoms with Gasteiger partial charge in [-0.3, -0.25) is 14.3 Å². The monoisotopic (exact) mass is 368 g/mol. The molecule has 0 spiro atoms. The van der Waals surface area contributed by atoms with E-state index < -0.39 is 0 Å². The fourth-order valence-electron chi connectivity index (χ4n) is 3.63. The molecule has 3 aromatic rings. The van der Waals surface area contributed by atoms with Crippen LogP contribution in [0.3, 0.4) is 0 Å². The number of halogens is 1. The normalized spacial score (nSPS) is 15.5. The molecule has 1 fully saturated rings. The molecule has 134 valence electrons. The summed E-state index contributed by atoms with van der Waals surface area (Å²) in [7, 11) is 0. The standard InChI is InChI=1S/C21H21ClN2O2/c1-15-18(14-23-10-12-26-13-11-23)16-6-3-5-9-20(16)24(15)21(25)17-7-2-4-8-19(17)22/h2-9H,10-14H2,1H3. The smallest absolute Gasteiger partial charge is 0.264 e. The number of carbonyl (C=O) groups is 1. The highest BCUT2D eigenvalue weighted by atomic mass is 35.5. The van der Waals surface area contributed by atoms with Crippen molar-refractivity contribution in [1.29, 1.82) is 0 Å². The van der Waals surface area contributed by atoms with Crippen molar-refractivity contribution in [3.05, 3.63) is 70.4 Å². The number of nitrogens with zero attached hydrogens (tertiary/aromatic N) is 2. The van der Waals surface area contributed by atoms with Gasteiger partial charge in [-0.1, -0.05) is 41.9 Å². The first kappa shape index (κ1) is 17.3. The minimum absolute atomic E-state index is 0.0856. The number of fused-ring (bicyclic) bond motifs is 1. The summed E-state index contributed by atoms with van der Waals surface area (Å²) in [4.78, 5) is 15.6. The fourth-order valence-corrected chi connectivity index (χ4v) is 3.85. The minimum Gasteiger partial charge on any atom is -0.379 e. The van der Waals surface area contributed by atoms with E-state index in [4.69, 9.17) is 16.3 Å². The van der Waals surface area contributed by atoms with Crippen LogP contribution in [0, 0.1) is 6.92 Å². The topological polar surface area (TPSA) is 34.5 Å². The first-order valence-corrected chi connectivity index (χ1v) is 9.23. The van der Waals surface area contributed by atoms with Gasteiger partial charge < -0.3 is 4.74 Å². The van der Waals surface area contributed by atoms with E-state index >= 15 is 0 Å². The Kier molecular flexibility index (Phi) is 4.81. The first-order chi connectivity index (χ1) is 12.7. The Labute approximate surface area is 157 Å². The lowest BCUT2D eigenvalue weighted by Crippen LogP contribution is -2.35. The molecule has 1 saturated heterocycles. The van der Waals surface area contributed by atoms with Crippen LogP contribution in [0.2, 0.25) is 5.02 Å². The molecule has 4 nitrogen and oxygen atoms in total. The molecule has 0 saturated carbocycles. The lowest BCUT2D eigenvalue weighted by molar-refractivity contribution is 0.0342. The molecule has 2 heterocycles. The van der Waals surface area contributed by atoms with Crippen molar-refractivity contribution in [3.8, 4) is 0 Å². The number of aromatic nitrogens is 1. The molecule has 0 unspecified atom stereocenters. The third-order valence-corrected chi connectivity index (χ3v) is 5.36. The zero-order valence-electron chi connectivity index (χ0n) is 14.7. The largest absolute Gasteiger partial charge is 0.379 e. The van der Waals surface area contributed by atoms with Crippen LogP contribution in [-0.2, 0) is 11.3 Å². The number of rotatable bonds is 3. The number of para-hydroxylation sites is 1. The van der Waals surface area contributed by atoms with Crippen molar-refractivity contribution in [2.75, 3.05) is 26.3 Å². The van der Waals surface area contributed by atoms with Gasteiger partial charge in [-0.2, -0.15) is 0 Å². The molecular weight excluding hydrogens is 348 g/mol. The summed E-state index contributed by atoms with van der Waals surface area (Å²) < 4.78 is 7.25. The van der Waals surface area contributed by atoms with E-state index in [1.165, 1.54) is 5.56 Å². The Morgan fingerprint density at radius 3 is 2.54 bits per heavy atom. The molecule has 1 aromatic heterocycles. The molecule has 0 amide bonds. The highest BCUT2D eigenvalue weighted by Gasteiger charge is 2.22. The number of benzene rings is 2. The lowest BCUT2D eigenvalue weighted by atomic mass is 10.1. The molecule has 4 rings (SSSR count). The zero-order valence-corrected chi connectivity index (χ0v) is 15.5. The average molecular weight is 369 g/mol. The van der Waals surface area contributed by atoms with Crippen LogP contribution in [0.15, 0.2) is 48.5 Å². The number of ether oxygens (including phenoxy) is 1. The number of carbonyl (C=O) groups excluding carboxylic acids is 1. The molecule has 1 aliphatic rings. The number of morpholine rings is 1. The van der Waals surface area contributed by atoms with Gasteiger partial charge in [-0.25, -0.2) is 0 Å². The van der Waals surface area contributed by atoms with E-state index in [1.807, 2.05) is 37.3 Å². The van der Waals surface area contributed by atoms with E-state index in [0.717, 1.165) is 49.4 Å². The Balaban J connectivity index is 1.81. The number of hydrogen-bond acceptors (Lipinski definition) is 3. The summed E-state index contributed by atoms with van der Waals surface area (Å²) >= 11 is 6.28.